The first-order valence-corrected chi connectivity index (χ1v) is 9.21. The normalized spacial score (nSPS) is 14.5. The summed E-state index contributed by atoms with van der Waals surface area (Å²) in [6, 6.07) is 6.52. The van der Waals surface area contributed by atoms with Gasteiger partial charge in [-0.25, -0.2) is 9.37 Å². The number of aromatic amines is 1. The first-order valence-electron chi connectivity index (χ1n) is 9.21. The summed E-state index contributed by atoms with van der Waals surface area (Å²) in [5.41, 5.74) is 3.70. The van der Waals surface area contributed by atoms with Crippen molar-refractivity contribution in [2.75, 3.05) is 6.54 Å². The van der Waals surface area contributed by atoms with Crippen LogP contribution in [0.4, 0.5) is 4.39 Å². The maximum absolute atomic E-state index is 13.6. The molecule has 0 unspecified atom stereocenters. The number of nitrogens with zero attached hydrogens (tertiary/aromatic N) is 3. The van der Waals surface area contributed by atoms with Crippen molar-refractivity contribution in [1.29, 1.82) is 0 Å². The minimum atomic E-state index is -0.260. The zero-order valence-electron chi connectivity index (χ0n) is 15.0. The van der Waals surface area contributed by atoms with Gasteiger partial charge in [0.15, 0.2) is 0 Å². The maximum Gasteiger partial charge on any atom is 0.143 e. The lowest BCUT2D eigenvalue weighted by molar-refractivity contribution is 0.226. The van der Waals surface area contributed by atoms with Gasteiger partial charge in [-0.2, -0.15) is 0 Å². The average molecular weight is 354 g/mol. The number of aromatic nitrogens is 3. The Morgan fingerprint density at radius 3 is 3.12 bits per heavy atom. The molecule has 0 bridgehead atoms. The molecule has 0 spiro atoms. The fraction of sp³-hybridized carbons (Fsp3) is 0.400. The molecule has 0 amide bonds. The Kier molecular flexibility index (Phi) is 4.84. The molecule has 1 N–H and O–H groups in total. The molecule has 1 aromatic carbocycles. The number of halogens is 1. The summed E-state index contributed by atoms with van der Waals surface area (Å²) in [5, 5.41) is 4.20. The summed E-state index contributed by atoms with van der Waals surface area (Å²) < 4.78 is 19.1. The molecule has 2 aromatic heterocycles. The highest BCUT2D eigenvalue weighted by Crippen LogP contribution is 2.30. The fourth-order valence-corrected chi connectivity index (χ4v) is 3.46. The van der Waals surface area contributed by atoms with Crippen LogP contribution in [0.1, 0.15) is 42.6 Å². The Hall–Kier alpha value is -2.47. The zero-order valence-corrected chi connectivity index (χ0v) is 15.0. The van der Waals surface area contributed by atoms with Gasteiger partial charge in [-0.15, -0.1) is 0 Å². The minimum absolute atomic E-state index is 0.260. The molecule has 26 heavy (non-hydrogen) atoms. The summed E-state index contributed by atoms with van der Waals surface area (Å²) in [5.74, 6) is 1.71. The van der Waals surface area contributed by atoms with Crippen LogP contribution in [-0.2, 0) is 25.9 Å². The van der Waals surface area contributed by atoms with Crippen LogP contribution in [0.3, 0.4) is 0 Å². The number of hydrogen-bond donors (Lipinski definition) is 1. The summed E-state index contributed by atoms with van der Waals surface area (Å²) in [6.45, 7) is 4.65. The molecule has 0 saturated heterocycles. The standard InChI is InChI=1S/C20H23FN4O/c1-2-3-7-19-22-11-16(23-19)12-25-9-8-18-17(13-25)20(24-26-18)14-5-4-6-15(21)10-14/h4-6,10-11H,2-3,7-9,12-13H2,1H3,(H,22,23). The SMILES string of the molecule is CCCCc1ncc(CN2CCc3onc(-c4cccc(F)c4)c3C2)[nH]1. The lowest BCUT2D eigenvalue weighted by atomic mass is 10.0. The summed E-state index contributed by atoms with van der Waals surface area (Å²) in [6.07, 6.45) is 6.06. The molecular formula is C20H23FN4O. The van der Waals surface area contributed by atoms with Crippen LogP contribution < -0.4 is 0 Å². The van der Waals surface area contributed by atoms with Crippen molar-refractivity contribution in [2.24, 2.45) is 0 Å². The Morgan fingerprint density at radius 1 is 1.35 bits per heavy atom. The van der Waals surface area contributed by atoms with Crippen LogP contribution in [0.25, 0.3) is 11.3 Å². The lowest BCUT2D eigenvalue weighted by Crippen LogP contribution is -2.29. The second-order valence-electron chi connectivity index (χ2n) is 6.86. The van der Waals surface area contributed by atoms with Gasteiger partial charge in [-0.1, -0.05) is 30.6 Å². The van der Waals surface area contributed by atoms with E-state index in [9.17, 15) is 4.39 Å². The van der Waals surface area contributed by atoms with Gasteiger partial charge in [0, 0.05) is 55.5 Å². The molecule has 136 valence electrons. The molecule has 1 aliphatic heterocycles. The highest BCUT2D eigenvalue weighted by atomic mass is 19.1. The number of nitrogens with one attached hydrogen (secondary N) is 1. The molecule has 3 aromatic rings. The largest absolute Gasteiger partial charge is 0.360 e. The van der Waals surface area contributed by atoms with Gasteiger partial charge in [0.05, 0.1) is 0 Å². The third-order valence-electron chi connectivity index (χ3n) is 4.85. The van der Waals surface area contributed by atoms with Gasteiger partial charge >= 0.3 is 0 Å². The molecule has 0 radical (unpaired) electrons. The molecule has 0 fully saturated rings. The predicted molar refractivity (Wildman–Crippen MR) is 96.9 cm³/mol. The number of benzene rings is 1. The van der Waals surface area contributed by atoms with Gasteiger partial charge in [-0.3, -0.25) is 4.90 Å². The third-order valence-corrected chi connectivity index (χ3v) is 4.85. The monoisotopic (exact) mass is 354 g/mol. The number of rotatable bonds is 6. The fourth-order valence-electron chi connectivity index (χ4n) is 3.46. The van der Waals surface area contributed by atoms with Crippen LogP contribution in [0.15, 0.2) is 35.0 Å². The van der Waals surface area contributed by atoms with Gasteiger partial charge < -0.3 is 9.51 Å². The highest BCUT2D eigenvalue weighted by Gasteiger charge is 2.25. The van der Waals surface area contributed by atoms with E-state index in [0.29, 0.717) is 0 Å². The van der Waals surface area contributed by atoms with Crippen molar-refractivity contribution >= 4 is 0 Å². The van der Waals surface area contributed by atoms with Gasteiger partial charge in [0.25, 0.3) is 0 Å². The second kappa shape index (κ2) is 7.41. The van der Waals surface area contributed by atoms with E-state index in [1.807, 2.05) is 12.3 Å². The van der Waals surface area contributed by atoms with E-state index < -0.39 is 0 Å². The average Bonchev–Trinajstić information content (AvgIpc) is 3.26. The molecule has 0 atom stereocenters. The summed E-state index contributed by atoms with van der Waals surface area (Å²) in [4.78, 5) is 10.2. The number of unbranched alkanes of at least 4 members (excludes halogenated alkanes) is 1. The van der Waals surface area contributed by atoms with E-state index in [0.717, 1.165) is 73.0 Å². The third kappa shape index (κ3) is 3.55. The molecule has 4 rings (SSSR count). The molecular weight excluding hydrogens is 331 g/mol. The quantitative estimate of drug-likeness (QED) is 0.724. The van der Waals surface area contributed by atoms with Crippen LogP contribution in [0.5, 0.6) is 0 Å². The second-order valence-corrected chi connectivity index (χ2v) is 6.86. The summed E-state index contributed by atoms with van der Waals surface area (Å²) >= 11 is 0. The van der Waals surface area contributed by atoms with Gasteiger partial charge in [0.1, 0.15) is 23.1 Å². The van der Waals surface area contributed by atoms with E-state index in [-0.39, 0.29) is 5.82 Å². The van der Waals surface area contributed by atoms with Crippen molar-refractivity contribution in [3.8, 4) is 11.3 Å². The first kappa shape index (κ1) is 17.0. The Bertz CT molecular complexity index is 886. The minimum Gasteiger partial charge on any atom is -0.360 e. The number of hydrogen-bond acceptors (Lipinski definition) is 4. The van der Waals surface area contributed by atoms with Crippen LogP contribution in [-0.4, -0.2) is 26.6 Å². The molecule has 3 heterocycles. The van der Waals surface area contributed by atoms with Gasteiger partial charge in [-0.05, 0) is 18.6 Å². The maximum atomic E-state index is 13.6. The Labute approximate surface area is 152 Å². The smallest absolute Gasteiger partial charge is 0.143 e. The number of fused-ring (bicyclic) bond motifs is 1. The molecule has 0 saturated carbocycles. The topological polar surface area (TPSA) is 58.0 Å². The van der Waals surface area contributed by atoms with E-state index >= 15 is 0 Å². The van der Waals surface area contributed by atoms with E-state index in [4.69, 9.17) is 4.52 Å². The van der Waals surface area contributed by atoms with Crippen molar-refractivity contribution < 1.29 is 8.91 Å². The summed E-state index contributed by atoms with van der Waals surface area (Å²) in [7, 11) is 0. The molecule has 6 heteroatoms. The van der Waals surface area contributed by atoms with Crippen molar-refractivity contribution in [3.63, 3.8) is 0 Å². The Balaban J connectivity index is 1.49. The lowest BCUT2D eigenvalue weighted by Gasteiger charge is -2.25. The van der Waals surface area contributed by atoms with Crippen molar-refractivity contribution in [2.45, 2.75) is 45.7 Å². The molecule has 0 aliphatic carbocycles. The van der Waals surface area contributed by atoms with Crippen molar-refractivity contribution in [1.82, 2.24) is 20.0 Å². The number of imidazole rings is 1. The zero-order chi connectivity index (χ0) is 17.9. The predicted octanol–water partition coefficient (Wildman–Crippen LogP) is 4.10. The number of aryl methyl sites for hydroxylation is 1. The van der Waals surface area contributed by atoms with E-state index in [1.54, 1.807) is 6.07 Å². The van der Waals surface area contributed by atoms with Crippen LogP contribution >= 0.6 is 0 Å². The molecule has 1 aliphatic rings. The molecule has 5 nitrogen and oxygen atoms in total. The van der Waals surface area contributed by atoms with Gasteiger partial charge in [0.2, 0.25) is 0 Å². The van der Waals surface area contributed by atoms with Crippen LogP contribution in [0.2, 0.25) is 0 Å². The highest BCUT2D eigenvalue weighted by molar-refractivity contribution is 5.63. The number of H-pyrrole nitrogens is 1. The Morgan fingerprint density at radius 2 is 2.27 bits per heavy atom. The van der Waals surface area contributed by atoms with Crippen LogP contribution in [0, 0.1) is 5.82 Å². The van der Waals surface area contributed by atoms with Crippen molar-refractivity contribution in [3.05, 3.63) is 59.1 Å². The first-order chi connectivity index (χ1) is 12.7. The van der Waals surface area contributed by atoms with E-state index in [2.05, 4.69) is 26.9 Å². The van der Waals surface area contributed by atoms with E-state index in [1.165, 1.54) is 18.6 Å².